The lowest BCUT2D eigenvalue weighted by Gasteiger charge is -2.35. The first kappa shape index (κ1) is 13.7. The van der Waals surface area contributed by atoms with E-state index in [0.29, 0.717) is 5.92 Å². The number of nitrogens with zero attached hydrogens (tertiary/aromatic N) is 2. The number of hydrogen-bond acceptors (Lipinski definition) is 4. The minimum Gasteiger partial charge on any atom is -0.409 e. The normalized spacial score (nSPS) is 23.0. The van der Waals surface area contributed by atoms with Gasteiger partial charge in [-0.05, 0) is 43.4 Å². The van der Waals surface area contributed by atoms with Gasteiger partial charge in [0, 0.05) is 24.8 Å². The van der Waals surface area contributed by atoms with Crippen molar-refractivity contribution < 1.29 is 10.3 Å². The number of amidine groups is 1. The van der Waals surface area contributed by atoms with E-state index in [-0.39, 0.29) is 11.9 Å². The zero-order chi connectivity index (χ0) is 14.0. The highest BCUT2D eigenvalue weighted by Crippen LogP contribution is 2.30. The second-order valence-electron chi connectivity index (χ2n) is 5.38. The maximum atomic E-state index is 9.34. The number of aliphatic hydroxyl groups excluding tert-OH is 1. The number of benzene rings is 1. The number of aryl methyl sites for hydroxylation is 1. The molecule has 0 bridgehead atoms. The monoisotopic (exact) mass is 263 g/mol. The molecular formula is C14H21N3O2. The maximum absolute atomic E-state index is 9.34. The van der Waals surface area contributed by atoms with Crippen LogP contribution >= 0.6 is 0 Å². The molecule has 0 heterocycles. The third-order valence-corrected chi connectivity index (χ3v) is 3.69. The highest BCUT2D eigenvalue weighted by molar-refractivity contribution is 6.02. The van der Waals surface area contributed by atoms with Gasteiger partial charge in [-0.2, -0.15) is 0 Å². The van der Waals surface area contributed by atoms with Crippen molar-refractivity contribution in [2.24, 2.45) is 16.8 Å². The van der Waals surface area contributed by atoms with Crippen LogP contribution in [-0.2, 0) is 0 Å². The van der Waals surface area contributed by atoms with Crippen LogP contribution in [-0.4, -0.2) is 35.8 Å². The molecule has 1 aromatic rings. The Morgan fingerprint density at radius 1 is 1.47 bits per heavy atom. The van der Waals surface area contributed by atoms with Crippen LogP contribution < -0.4 is 10.6 Å². The van der Waals surface area contributed by atoms with E-state index < -0.39 is 0 Å². The van der Waals surface area contributed by atoms with Crippen LogP contribution in [0.4, 0.5) is 5.69 Å². The Balaban J connectivity index is 2.19. The van der Waals surface area contributed by atoms with E-state index in [2.05, 4.69) is 10.1 Å². The standard InChI is InChI=1S/C14H21N3O2/c1-9-3-4-12(14(15)16-19)13(5-9)17(2)8-10-6-11(18)7-10/h3-5,10-11,18-19H,6-8H2,1-2H3,(H2,15,16). The van der Waals surface area contributed by atoms with Crippen molar-refractivity contribution in [3.8, 4) is 0 Å². The van der Waals surface area contributed by atoms with Crippen molar-refractivity contribution >= 4 is 11.5 Å². The summed E-state index contributed by atoms with van der Waals surface area (Å²) in [7, 11) is 1.99. The fourth-order valence-corrected chi connectivity index (χ4v) is 2.56. The van der Waals surface area contributed by atoms with Gasteiger partial charge in [0.25, 0.3) is 0 Å². The molecule has 0 saturated heterocycles. The third-order valence-electron chi connectivity index (χ3n) is 3.69. The summed E-state index contributed by atoms with van der Waals surface area (Å²) < 4.78 is 0. The van der Waals surface area contributed by atoms with Crippen LogP contribution in [0.1, 0.15) is 24.0 Å². The van der Waals surface area contributed by atoms with Gasteiger partial charge >= 0.3 is 0 Å². The Hall–Kier alpha value is -1.75. The topological polar surface area (TPSA) is 82.1 Å². The van der Waals surface area contributed by atoms with E-state index in [4.69, 9.17) is 10.9 Å². The summed E-state index contributed by atoms with van der Waals surface area (Å²) in [4.78, 5) is 2.11. The van der Waals surface area contributed by atoms with Crippen LogP contribution in [0.2, 0.25) is 0 Å². The van der Waals surface area contributed by atoms with Crippen LogP contribution in [0, 0.1) is 12.8 Å². The van der Waals surface area contributed by atoms with Gasteiger partial charge < -0.3 is 20.9 Å². The van der Waals surface area contributed by atoms with Gasteiger partial charge in [0.15, 0.2) is 5.84 Å². The molecule has 5 heteroatoms. The van der Waals surface area contributed by atoms with Crippen molar-refractivity contribution in [3.05, 3.63) is 29.3 Å². The van der Waals surface area contributed by atoms with Gasteiger partial charge in [-0.1, -0.05) is 11.2 Å². The molecule has 2 rings (SSSR count). The Kier molecular flexibility index (Phi) is 3.95. The highest BCUT2D eigenvalue weighted by Gasteiger charge is 2.28. The smallest absolute Gasteiger partial charge is 0.172 e. The number of aliphatic hydroxyl groups is 1. The first-order chi connectivity index (χ1) is 9.01. The lowest BCUT2D eigenvalue weighted by atomic mass is 9.82. The summed E-state index contributed by atoms with van der Waals surface area (Å²) in [6.07, 6.45) is 1.57. The number of anilines is 1. The number of nitrogens with two attached hydrogens (primary N) is 1. The molecule has 0 unspecified atom stereocenters. The Morgan fingerprint density at radius 3 is 2.74 bits per heavy atom. The van der Waals surface area contributed by atoms with Gasteiger partial charge in [-0.15, -0.1) is 0 Å². The van der Waals surface area contributed by atoms with Gasteiger partial charge in [0.05, 0.1) is 6.10 Å². The van der Waals surface area contributed by atoms with Crippen molar-refractivity contribution in [2.75, 3.05) is 18.5 Å². The van der Waals surface area contributed by atoms with Crippen LogP contribution in [0.5, 0.6) is 0 Å². The summed E-state index contributed by atoms with van der Waals surface area (Å²) in [5.74, 6) is 0.635. The Morgan fingerprint density at radius 2 is 2.16 bits per heavy atom. The van der Waals surface area contributed by atoms with Crippen molar-refractivity contribution in [1.82, 2.24) is 0 Å². The van der Waals surface area contributed by atoms with Crippen molar-refractivity contribution in [2.45, 2.75) is 25.9 Å². The summed E-state index contributed by atoms with van der Waals surface area (Å²) in [6.45, 7) is 2.88. The van der Waals surface area contributed by atoms with Crippen LogP contribution in [0.15, 0.2) is 23.4 Å². The quantitative estimate of drug-likeness (QED) is 0.331. The van der Waals surface area contributed by atoms with Crippen molar-refractivity contribution in [3.63, 3.8) is 0 Å². The molecule has 1 aliphatic carbocycles. The second-order valence-corrected chi connectivity index (χ2v) is 5.38. The number of hydrogen-bond donors (Lipinski definition) is 3. The van der Waals surface area contributed by atoms with E-state index in [0.717, 1.165) is 36.2 Å². The average molecular weight is 263 g/mol. The second kappa shape index (κ2) is 5.48. The Bertz CT molecular complexity index is 482. The van der Waals surface area contributed by atoms with Gasteiger partial charge in [0.1, 0.15) is 0 Å². The molecule has 104 valence electrons. The number of rotatable bonds is 4. The minimum absolute atomic E-state index is 0.121. The average Bonchev–Trinajstić information content (AvgIpc) is 2.35. The summed E-state index contributed by atoms with van der Waals surface area (Å²) in [5.41, 5.74) is 8.53. The molecule has 1 aliphatic rings. The first-order valence-electron chi connectivity index (χ1n) is 6.49. The van der Waals surface area contributed by atoms with E-state index in [1.54, 1.807) is 0 Å². The molecule has 19 heavy (non-hydrogen) atoms. The lowest BCUT2D eigenvalue weighted by molar-refractivity contribution is 0.0465. The zero-order valence-electron chi connectivity index (χ0n) is 11.4. The molecule has 0 radical (unpaired) electrons. The molecule has 0 atom stereocenters. The maximum Gasteiger partial charge on any atom is 0.172 e. The molecule has 1 fully saturated rings. The summed E-state index contributed by atoms with van der Waals surface area (Å²) in [5, 5.41) is 21.3. The van der Waals surface area contributed by atoms with Gasteiger partial charge in [0.2, 0.25) is 0 Å². The van der Waals surface area contributed by atoms with E-state index in [1.165, 1.54) is 0 Å². The predicted octanol–water partition coefficient (Wildman–Crippen LogP) is 1.30. The molecule has 4 N–H and O–H groups in total. The Labute approximate surface area is 113 Å². The summed E-state index contributed by atoms with van der Waals surface area (Å²) >= 11 is 0. The SMILES string of the molecule is Cc1ccc(C(N)=NO)c(N(C)CC2CC(O)C2)c1. The molecule has 0 amide bonds. The molecule has 1 saturated carbocycles. The van der Waals surface area contributed by atoms with E-state index in [1.807, 2.05) is 32.2 Å². The fourth-order valence-electron chi connectivity index (χ4n) is 2.56. The molecule has 0 aromatic heterocycles. The lowest BCUT2D eigenvalue weighted by Crippen LogP contribution is -2.37. The number of oxime groups is 1. The molecule has 0 aliphatic heterocycles. The molecular weight excluding hydrogens is 242 g/mol. The molecule has 1 aromatic carbocycles. The van der Waals surface area contributed by atoms with Crippen molar-refractivity contribution in [1.29, 1.82) is 0 Å². The zero-order valence-corrected chi connectivity index (χ0v) is 11.4. The van der Waals surface area contributed by atoms with Gasteiger partial charge in [-0.3, -0.25) is 0 Å². The minimum atomic E-state index is -0.139. The predicted molar refractivity (Wildman–Crippen MR) is 75.7 cm³/mol. The van der Waals surface area contributed by atoms with Crippen LogP contribution in [0.25, 0.3) is 0 Å². The van der Waals surface area contributed by atoms with E-state index in [9.17, 15) is 5.11 Å². The van der Waals surface area contributed by atoms with Gasteiger partial charge in [-0.25, -0.2) is 0 Å². The first-order valence-corrected chi connectivity index (χ1v) is 6.49. The highest BCUT2D eigenvalue weighted by atomic mass is 16.4. The van der Waals surface area contributed by atoms with Crippen LogP contribution in [0.3, 0.4) is 0 Å². The fraction of sp³-hybridized carbons (Fsp3) is 0.500. The molecule has 0 spiro atoms. The third kappa shape index (κ3) is 2.98. The summed E-state index contributed by atoms with van der Waals surface area (Å²) in [6, 6.07) is 5.84. The molecule has 5 nitrogen and oxygen atoms in total. The van der Waals surface area contributed by atoms with E-state index >= 15 is 0 Å². The largest absolute Gasteiger partial charge is 0.409 e.